The molecule has 12 heteroatoms. The zero-order chi connectivity index (χ0) is 13.4. The van der Waals surface area contributed by atoms with Crippen molar-refractivity contribution < 1.29 is 44.2 Å². The molecule has 0 aliphatic carbocycles. The Hall–Kier alpha value is -1.07. The van der Waals surface area contributed by atoms with E-state index in [0.717, 1.165) is 0 Å². The fraction of sp³-hybridized carbons (Fsp3) is 0.750. The minimum atomic E-state index is -6.73. The van der Waals surface area contributed by atoms with Crippen molar-refractivity contribution in [2.75, 3.05) is 0 Å². The topological polar surface area (TPSA) is 15.6 Å². The van der Waals surface area contributed by atoms with E-state index < -0.39 is 29.2 Å². The van der Waals surface area contributed by atoms with Crippen molar-refractivity contribution >= 4 is 5.71 Å². The highest BCUT2D eigenvalue weighted by molar-refractivity contribution is 5.96. The maximum atomic E-state index is 12.5. The summed E-state index contributed by atoms with van der Waals surface area (Å²) in [6, 6.07) is 0. The van der Waals surface area contributed by atoms with Crippen LogP contribution in [0.15, 0.2) is 5.21 Å². The fourth-order valence-corrected chi connectivity index (χ4v) is 0.602. The Balaban J connectivity index is 5.73. The molecule has 0 aliphatic rings. The summed E-state index contributed by atoms with van der Waals surface area (Å²) in [6.45, 7) is 0. The van der Waals surface area contributed by atoms with Crippen LogP contribution in [0.2, 0.25) is 0 Å². The van der Waals surface area contributed by atoms with Crippen molar-refractivity contribution in [3.63, 3.8) is 0 Å². The van der Waals surface area contributed by atoms with Gasteiger partial charge in [0, 0.05) is 0 Å². The first-order valence-corrected chi connectivity index (χ1v) is 3.03. The van der Waals surface area contributed by atoms with Crippen molar-refractivity contribution in [2.24, 2.45) is 5.21 Å². The smallest absolute Gasteiger partial charge is 0.203 e. The monoisotopic (exact) mass is 266 g/mol. The maximum Gasteiger partial charge on any atom is 0.448 e. The zero-order valence-corrected chi connectivity index (χ0v) is 6.67. The van der Waals surface area contributed by atoms with E-state index in [-0.39, 0.29) is 0 Å². The van der Waals surface area contributed by atoms with Crippen LogP contribution in [0.25, 0.3) is 0 Å². The quantitative estimate of drug-likeness (QED) is 0.324. The van der Waals surface area contributed by atoms with Gasteiger partial charge in [0.15, 0.2) is 0 Å². The third kappa shape index (κ3) is 2.36. The number of alkyl halides is 7. The lowest BCUT2D eigenvalue weighted by Gasteiger charge is -2.28. The first-order chi connectivity index (χ1) is 6.89. The fourth-order valence-electron chi connectivity index (χ4n) is 0.602. The van der Waals surface area contributed by atoms with Crippen molar-refractivity contribution in [3.8, 4) is 0 Å². The summed E-state index contributed by atoms with van der Waals surface area (Å²) in [5, 5.41) is -3.07. The average molecular weight is 266 g/mol. The Bertz CT molecular complexity index is 276. The lowest BCUT2D eigenvalue weighted by atomic mass is 10.1. The molecule has 0 rings (SSSR count). The molecule has 0 heterocycles. The summed E-state index contributed by atoms with van der Waals surface area (Å²) in [7, 11) is 0. The highest BCUT2D eigenvalue weighted by Crippen LogP contribution is 2.43. The second-order valence-electron chi connectivity index (χ2n) is 2.28. The predicted octanol–water partition coefficient (Wildman–Crippen LogP) is 3.17. The van der Waals surface area contributed by atoms with E-state index in [0.29, 0.717) is 5.21 Å². The third-order valence-corrected chi connectivity index (χ3v) is 1.28. The maximum absolute atomic E-state index is 12.5. The molecule has 0 bridgehead atoms. The largest absolute Gasteiger partial charge is 0.448 e. The zero-order valence-electron chi connectivity index (χ0n) is 6.67. The molecular formula is C4F10N2. The van der Waals surface area contributed by atoms with Crippen LogP contribution >= 0.6 is 0 Å². The third-order valence-electron chi connectivity index (χ3n) is 1.28. The minimum Gasteiger partial charge on any atom is -0.203 e. The van der Waals surface area contributed by atoms with Crippen molar-refractivity contribution in [2.45, 2.75) is 18.1 Å². The summed E-state index contributed by atoms with van der Waals surface area (Å²) in [5.74, 6) is -6.36. The van der Waals surface area contributed by atoms with Gasteiger partial charge in [-0.1, -0.05) is 18.7 Å². The van der Waals surface area contributed by atoms with E-state index in [9.17, 15) is 44.2 Å². The van der Waals surface area contributed by atoms with Crippen molar-refractivity contribution in [3.05, 3.63) is 0 Å². The highest BCUT2D eigenvalue weighted by Gasteiger charge is 2.72. The molecular weight excluding hydrogens is 266 g/mol. The van der Waals surface area contributed by atoms with E-state index in [2.05, 4.69) is 0 Å². The van der Waals surface area contributed by atoms with Gasteiger partial charge in [-0.3, -0.25) is 0 Å². The lowest BCUT2D eigenvalue weighted by molar-refractivity contribution is -0.356. The van der Waals surface area contributed by atoms with E-state index in [4.69, 9.17) is 0 Å². The van der Waals surface area contributed by atoms with Crippen LogP contribution in [0, 0.1) is 0 Å². The molecule has 2 nitrogen and oxygen atoms in total. The van der Waals surface area contributed by atoms with E-state index in [1.807, 2.05) is 0 Å². The first-order valence-electron chi connectivity index (χ1n) is 3.03. The Kier molecular flexibility index (Phi) is 3.79. The van der Waals surface area contributed by atoms with Gasteiger partial charge in [-0.15, -0.1) is 0 Å². The molecule has 0 saturated heterocycles. The molecule has 0 aromatic heterocycles. The van der Waals surface area contributed by atoms with Crippen LogP contribution in [-0.2, 0) is 0 Å². The molecule has 0 saturated carbocycles. The molecule has 0 aliphatic heterocycles. The summed E-state index contributed by atoms with van der Waals surface area (Å²) < 4.78 is 117. The van der Waals surface area contributed by atoms with Gasteiger partial charge in [-0.05, 0) is 0 Å². The van der Waals surface area contributed by atoms with Crippen LogP contribution < -0.4 is 0 Å². The Morgan fingerprint density at radius 3 is 1.31 bits per heavy atom. The van der Waals surface area contributed by atoms with Crippen LogP contribution in [-0.4, -0.2) is 29.2 Å². The normalized spacial score (nSPS) is 18.8. The number of hydrogen-bond acceptors (Lipinski definition) is 2. The van der Waals surface area contributed by atoms with E-state index in [1.54, 1.807) is 0 Å². The molecule has 1 unspecified atom stereocenters. The molecule has 0 amide bonds. The number of rotatable bonds is 2. The van der Waals surface area contributed by atoms with Gasteiger partial charge in [-0.25, -0.2) is 4.39 Å². The molecule has 0 radical (unpaired) electrons. The summed E-state index contributed by atoms with van der Waals surface area (Å²) >= 11 is 0. The number of nitrogens with zero attached hydrogens (tertiary/aromatic N) is 2. The van der Waals surface area contributed by atoms with Gasteiger partial charge >= 0.3 is 18.1 Å². The first kappa shape index (κ1) is 14.9. The van der Waals surface area contributed by atoms with Gasteiger partial charge in [-0.2, -0.15) is 26.3 Å². The summed E-state index contributed by atoms with van der Waals surface area (Å²) in [6.07, 6.45) is -13.1. The standard InChI is InChI=1S/C4F10N2/c5-2(16(13)14,4(9,10)11)1(15-12)3(6,7)8/b15-1-. The predicted molar refractivity (Wildman–Crippen MR) is 28.5 cm³/mol. The molecule has 0 aromatic rings. The molecule has 0 aromatic carbocycles. The van der Waals surface area contributed by atoms with Crippen molar-refractivity contribution in [1.29, 1.82) is 0 Å². The SMILES string of the molecule is F/N=C(\C(F)(F)F)C(F)(N(F)F)C(F)(F)F. The number of halogens is 10. The van der Waals surface area contributed by atoms with E-state index in [1.165, 1.54) is 0 Å². The molecule has 1 atom stereocenters. The molecule has 0 spiro atoms. The number of hydrogen-bond donors (Lipinski definition) is 0. The molecule has 0 N–H and O–H groups in total. The lowest BCUT2D eigenvalue weighted by Crippen LogP contribution is -2.59. The van der Waals surface area contributed by atoms with Crippen molar-refractivity contribution in [1.82, 2.24) is 5.34 Å². The molecule has 0 fully saturated rings. The van der Waals surface area contributed by atoms with Crippen LogP contribution in [0.1, 0.15) is 0 Å². The Morgan fingerprint density at radius 2 is 1.25 bits per heavy atom. The second kappa shape index (κ2) is 4.07. The second-order valence-corrected chi connectivity index (χ2v) is 2.28. The van der Waals surface area contributed by atoms with E-state index >= 15 is 0 Å². The van der Waals surface area contributed by atoms with Crippen LogP contribution in [0.3, 0.4) is 0 Å². The van der Waals surface area contributed by atoms with Gasteiger partial charge in [0.1, 0.15) is 0 Å². The Morgan fingerprint density at radius 1 is 0.875 bits per heavy atom. The molecule has 96 valence electrons. The summed E-state index contributed by atoms with van der Waals surface area (Å²) in [5.41, 5.74) is -3.95. The van der Waals surface area contributed by atoms with Crippen LogP contribution in [0.4, 0.5) is 44.2 Å². The van der Waals surface area contributed by atoms with Gasteiger partial charge in [0.05, 0.1) is 5.34 Å². The van der Waals surface area contributed by atoms with Gasteiger partial charge < -0.3 is 0 Å². The van der Waals surface area contributed by atoms with Gasteiger partial charge in [0.2, 0.25) is 5.71 Å². The Labute approximate surface area is 80.0 Å². The van der Waals surface area contributed by atoms with Gasteiger partial charge in [0.25, 0.3) is 0 Å². The molecule has 16 heavy (non-hydrogen) atoms. The minimum absolute atomic E-state index is 0.394. The highest BCUT2D eigenvalue weighted by atomic mass is 19.4. The van der Waals surface area contributed by atoms with Crippen LogP contribution in [0.5, 0.6) is 0 Å². The summed E-state index contributed by atoms with van der Waals surface area (Å²) in [4.78, 5) is 0. The average Bonchev–Trinajstić information content (AvgIpc) is 1.99.